The van der Waals surface area contributed by atoms with Gasteiger partial charge in [0.15, 0.2) is 0 Å². The van der Waals surface area contributed by atoms with Crippen molar-refractivity contribution in [3.63, 3.8) is 0 Å². The Morgan fingerprint density at radius 3 is 2.80 bits per heavy atom. The van der Waals surface area contributed by atoms with Gasteiger partial charge >= 0.3 is 0 Å². The zero-order chi connectivity index (χ0) is 7.56. The van der Waals surface area contributed by atoms with E-state index in [2.05, 4.69) is 0 Å². The highest BCUT2D eigenvalue weighted by molar-refractivity contribution is 5.78. The molecule has 2 atom stereocenters. The molecule has 2 heteroatoms. The summed E-state index contributed by atoms with van der Waals surface area (Å²) in [6, 6.07) is 0. The van der Waals surface area contributed by atoms with Gasteiger partial charge in [0.1, 0.15) is 5.78 Å². The Kier molecular flexibility index (Phi) is 2.22. The van der Waals surface area contributed by atoms with Crippen LogP contribution in [0.3, 0.4) is 0 Å². The summed E-state index contributed by atoms with van der Waals surface area (Å²) in [4.78, 5) is 10.8. The van der Waals surface area contributed by atoms with Crippen molar-refractivity contribution in [3.05, 3.63) is 12.2 Å². The number of aliphatic hydroxyl groups excluding tert-OH is 1. The zero-order valence-electron chi connectivity index (χ0n) is 6.08. The summed E-state index contributed by atoms with van der Waals surface area (Å²) in [6.07, 6.45) is 4.63. The molecule has 0 bridgehead atoms. The molecule has 2 nitrogen and oxygen atoms in total. The third-order valence-corrected chi connectivity index (χ3v) is 1.88. The summed E-state index contributed by atoms with van der Waals surface area (Å²) in [7, 11) is 0. The second-order valence-electron chi connectivity index (χ2n) is 2.77. The summed E-state index contributed by atoms with van der Waals surface area (Å²) >= 11 is 0. The van der Waals surface area contributed by atoms with Crippen molar-refractivity contribution in [3.8, 4) is 0 Å². The highest BCUT2D eigenvalue weighted by Gasteiger charge is 2.18. The molecule has 56 valence electrons. The summed E-state index contributed by atoms with van der Waals surface area (Å²) in [5.41, 5.74) is 0. The van der Waals surface area contributed by atoms with Gasteiger partial charge < -0.3 is 5.11 Å². The van der Waals surface area contributed by atoms with E-state index in [1.54, 1.807) is 13.0 Å². The Morgan fingerprint density at radius 2 is 2.40 bits per heavy atom. The minimum atomic E-state index is -0.400. The van der Waals surface area contributed by atoms with Crippen LogP contribution in [0.2, 0.25) is 0 Å². The van der Waals surface area contributed by atoms with E-state index in [1.807, 2.05) is 6.08 Å². The minimum absolute atomic E-state index is 0.0556. The molecule has 1 aliphatic rings. The van der Waals surface area contributed by atoms with Crippen LogP contribution in [0.25, 0.3) is 0 Å². The topological polar surface area (TPSA) is 37.3 Å². The lowest BCUT2D eigenvalue weighted by atomic mass is 9.90. The summed E-state index contributed by atoms with van der Waals surface area (Å²) in [5, 5.41) is 9.09. The molecular formula is C8H12O2. The second-order valence-corrected chi connectivity index (χ2v) is 2.77. The molecule has 0 heterocycles. The fourth-order valence-electron chi connectivity index (χ4n) is 1.20. The van der Waals surface area contributed by atoms with E-state index in [1.165, 1.54) is 0 Å². The number of carbonyl (C=O) groups is 1. The maximum atomic E-state index is 10.8. The Balaban J connectivity index is 2.52. The Labute approximate surface area is 60.6 Å². The number of ketones is 1. The molecule has 0 saturated heterocycles. The van der Waals surface area contributed by atoms with Gasteiger partial charge in [-0.2, -0.15) is 0 Å². The molecule has 0 aromatic heterocycles. The number of hydrogen-bond acceptors (Lipinski definition) is 2. The van der Waals surface area contributed by atoms with Gasteiger partial charge in [0.2, 0.25) is 0 Å². The lowest BCUT2D eigenvalue weighted by Gasteiger charge is -2.18. The molecule has 0 spiro atoms. The molecule has 10 heavy (non-hydrogen) atoms. The predicted octanol–water partition coefficient (Wildman–Crippen LogP) is 0.902. The van der Waals surface area contributed by atoms with E-state index in [0.717, 1.165) is 6.42 Å². The molecule has 0 saturated carbocycles. The SMILES string of the molecule is CC(=O)C1CC=CC(O)C1. The lowest BCUT2D eigenvalue weighted by Crippen LogP contribution is -2.20. The number of allylic oxidation sites excluding steroid dienone is 1. The average molecular weight is 140 g/mol. The van der Waals surface area contributed by atoms with Crippen molar-refractivity contribution in [2.24, 2.45) is 5.92 Å². The monoisotopic (exact) mass is 140 g/mol. The van der Waals surface area contributed by atoms with E-state index in [4.69, 9.17) is 5.11 Å². The minimum Gasteiger partial charge on any atom is -0.389 e. The third-order valence-electron chi connectivity index (χ3n) is 1.88. The summed E-state index contributed by atoms with van der Waals surface area (Å²) in [5.74, 6) is 0.239. The molecule has 0 amide bonds. The highest BCUT2D eigenvalue weighted by Crippen LogP contribution is 2.18. The van der Waals surface area contributed by atoms with Crippen LogP contribution in [0.1, 0.15) is 19.8 Å². The van der Waals surface area contributed by atoms with Gasteiger partial charge in [-0.25, -0.2) is 0 Å². The van der Waals surface area contributed by atoms with Crippen molar-refractivity contribution >= 4 is 5.78 Å². The highest BCUT2D eigenvalue weighted by atomic mass is 16.3. The number of carbonyl (C=O) groups excluding carboxylic acids is 1. The average Bonchev–Trinajstić information content (AvgIpc) is 1.88. The third kappa shape index (κ3) is 1.67. The van der Waals surface area contributed by atoms with Gasteiger partial charge in [-0.3, -0.25) is 4.79 Å². The Bertz CT molecular complexity index is 161. The number of rotatable bonds is 1. The van der Waals surface area contributed by atoms with E-state index < -0.39 is 6.10 Å². The smallest absolute Gasteiger partial charge is 0.133 e. The van der Waals surface area contributed by atoms with E-state index in [-0.39, 0.29) is 11.7 Å². The Hall–Kier alpha value is -0.630. The molecule has 0 aromatic carbocycles. The Morgan fingerprint density at radius 1 is 1.70 bits per heavy atom. The molecule has 0 aliphatic heterocycles. The van der Waals surface area contributed by atoms with Gasteiger partial charge in [0, 0.05) is 5.92 Å². The first kappa shape index (κ1) is 7.48. The standard InChI is InChI=1S/C8H12O2/c1-6(9)7-3-2-4-8(10)5-7/h2,4,7-8,10H,3,5H2,1H3. The fraction of sp³-hybridized carbons (Fsp3) is 0.625. The van der Waals surface area contributed by atoms with Gasteiger partial charge in [0.05, 0.1) is 6.10 Å². The van der Waals surface area contributed by atoms with Crippen LogP contribution in [-0.2, 0) is 4.79 Å². The van der Waals surface area contributed by atoms with Crippen LogP contribution < -0.4 is 0 Å². The number of hydrogen-bond donors (Lipinski definition) is 1. The molecule has 1 rings (SSSR count). The van der Waals surface area contributed by atoms with Gasteiger partial charge in [-0.1, -0.05) is 12.2 Å². The molecule has 2 unspecified atom stereocenters. The molecular weight excluding hydrogens is 128 g/mol. The van der Waals surface area contributed by atoms with Gasteiger partial charge in [0.25, 0.3) is 0 Å². The first-order chi connectivity index (χ1) is 4.70. The van der Waals surface area contributed by atoms with Crippen molar-refractivity contribution in [2.75, 3.05) is 0 Å². The first-order valence-corrected chi connectivity index (χ1v) is 3.55. The van der Waals surface area contributed by atoms with Crippen molar-refractivity contribution in [1.29, 1.82) is 0 Å². The van der Waals surface area contributed by atoms with Crippen molar-refractivity contribution < 1.29 is 9.90 Å². The molecule has 1 N–H and O–H groups in total. The molecule has 0 fully saturated rings. The van der Waals surface area contributed by atoms with Crippen LogP contribution >= 0.6 is 0 Å². The summed E-state index contributed by atoms with van der Waals surface area (Å²) in [6.45, 7) is 1.58. The van der Waals surface area contributed by atoms with Crippen LogP contribution in [0.15, 0.2) is 12.2 Å². The lowest BCUT2D eigenvalue weighted by molar-refractivity contribution is -0.121. The summed E-state index contributed by atoms with van der Waals surface area (Å²) < 4.78 is 0. The fourth-order valence-corrected chi connectivity index (χ4v) is 1.20. The molecule has 1 aliphatic carbocycles. The number of aliphatic hydroxyl groups is 1. The quantitative estimate of drug-likeness (QED) is 0.549. The van der Waals surface area contributed by atoms with Gasteiger partial charge in [-0.15, -0.1) is 0 Å². The van der Waals surface area contributed by atoms with Crippen molar-refractivity contribution in [2.45, 2.75) is 25.9 Å². The molecule has 0 radical (unpaired) electrons. The van der Waals surface area contributed by atoms with E-state index in [0.29, 0.717) is 6.42 Å². The van der Waals surface area contributed by atoms with Gasteiger partial charge in [-0.05, 0) is 19.8 Å². The largest absolute Gasteiger partial charge is 0.389 e. The zero-order valence-corrected chi connectivity index (χ0v) is 6.08. The predicted molar refractivity (Wildman–Crippen MR) is 38.6 cm³/mol. The number of Topliss-reactive ketones (excluding diaryl/α,β-unsaturated/α-hetero) is 1. The van der Waals surface area contributed by atoms with Crippen LogP contribution in [0.4, 0.5) is 0 Å². The first-order valence-electron chi connectivity index (χ1n) is 3.55. The van der Waals surface area contributed by atoms with E-state index >= 15 is 0 Å². The molecule has 0 aromatic rings. The van der Waals surface area contributed by atoms with Crippen LogP contribution in [0.5, 0.6) is 0 Å². The second kappa shape index (κ2) is 2.97. The maximum absolute atomic E-state index is 10.8. The van der Waals surface area contributed by atoms with E-state index in [9.17, 15) is 4.79 Å². The van der Waals surface area contributed by atoms with Crippen molar-refractivity contribution in [1.82, 2.24) is 0 Å². The van der Waals surface area contributed by atoms with Crippen LogP contribution in [-0.4, -0.2) is 17.0 Å². The van der Waals surface area contributed by atoms with Crippen LogP contribution in [0, 0.1) is 5.92 Å². The normalized spacial score (nSPS) is 32.2. The maximum Gasteiger partial charge on any atom is 0.133 e.